The largest absolute Gasteiger partial charge is 0.466 e. The van der Waals surface area contributed by atoms with E-state index in [9.17, 15) is 9.59 Å². The number of esters is 2. The average Bonchev–Trinajstić information content (AvgIpc) is 3.02. The molecule has 0 aromatic heterocycles. The molecule has 0 aliphatic heterocycles. The zero-order chi connectivity index (χ0) is 32.2. The van der Waals surface area contributed by atoms with Crippen LogP contribution in [0, 0.1) is 5.92 Å². The van der Waals surface area contributed by atoms with Crippen LogP contribution in [-0.4, -0.2) is 25.2 Å². The van der Waals surface area contributed by atoms with Gasteiger partial charge in [0.05, 0.1) is 13.2 Å². The molecule has 0 saturated heterocycles. The highest BCUT2D eigenvalue weighted by Gasteiger charge is 2.12. The van der Waals surface area contributed by atoms with Gasteiger partial charge in [0.15, 0.2) is 0 Å². The van der Waals surface area contributed by atoms with E-state index in [-0.39, 0.29) is 11.9 Å². The lowest BCUT2D eigenvalue weighted by Crippen LogP contribution is -2.14. The van der Waals surface area contributed by atoms with E-state index in [0.29, 0.717) is 32.0 Å². The molecule has 1 atom stereocenters. The molecule has 0 radical (unpaired) electrons. The molecule has 0 aromatic carbocycles. The fourth-order valence-electron chi connectivity index (χ4n) is 6.11. The molecule has 0 heterocycles. The lowest BCUT2D eigenvalue weighted by molar-refractivity contribution is -0.145. The molecule has 0 saturated carbocycles. The second-order valence-electron chi connectivity index (χ2n) is 13.7. The fourth-order valence-corrected chi connectivity index (χ4v) is 6.11. The third-order valence-electron chi connectivity index (χ3n) is 9.18. The molecule has 4 heteroatoms. The van der Waals surface area contributed by atoms with Crippen LogP contribution in [0.15, 0.2) is 0 Å². The van der Waals surface area contributed by atoms with E-state index in [1.54, 1.807) is 0 Å². The van der Waals surface area contributed by atoms with Gasteiger partial charge in [0.1, 0.15) is 0 Å². The zero-order valence-corrected chi connectivity index (χ0v) is 30.3. The molecule has 0 aromatic rings. The first-order chi connectivity index (χ1) is 21.6. The third-order valence-corrected chi connectivity index (χ3v) is 9.18. The van der Waals surface area contributed by atoms with Crippen LogP contribution in [0.5, 0.6) is 0 Å². The summed E-state index contributed by atoms with van der Waals surface area (Å²) in [5, 5.41) is 0. The summed E-state index contributed by atoms with van der Waals surface area (Å²) in [6.45, 7) is 8.03. The quantitative estimate of drug-likeness (QED) is 0.0515. The molecule has 0 bridgehead atoms. The van der Waals surface area contributed by atoms with Crippen molar-refractivity contribution >= 4 is 11.9 Å². The number of ether oxygens (including phenoxy) is 2. The third kappa shape index (κ3) is 33.8. The Morgan fingerprint density at radius 2 is 0.705 bits per heavy atom. The van der Waals surface area contributed by atoms with E-state index in [0.717, 1.165) is 32.1 Å². The molecular formula is C40H78O4. The molecule has 0 N–H and O–H groups in total. The van der Waals surface area contributed by atoms with Crippen molar-refractivity contribution in [2.75, 3.05) is 13.2 Å². The summed E-state index contributed by atoms with van der Waals surface area (Å²) in [5.41, 5.74) is 0. The van der Waals surface area contributed by atoms with Gasteiger partial charge in [-0.2, -0.15) is 0 Å². The fraction of sp³-hybridized carbons (Fsp3) is 0.950. The predicted octanol–water partition coefficient (Wildman–Crippen LogP) is 13.2. The number of hydrogen-bond acceptors (Lipinski definition) is 4. The van der Waals surface area contributed by atoms with Gasteiger partial charge in [-0.3, -0.25) is 9.59 Å². The second kappa shape index (κ2) is 36.4. The molecule has 0 rings (SSSR count). The van der Waals surface area contributed by atoms with E-state index in [1.807, 2.05) is 0 Å². The first-order valence-electron chi connectivity index (χ1n) is 19.9. The van der Waals surface area contributed by atoms with Crippen LogP contribution in [0.4, 0.5) is 0 Å². The molecule has 0 fully saturated rings. The summed E-state index contributed by atoms with van der Waals surface area (Å²) in [5.74, 6) is 0.554. The Labute approximate surface area is 276 Å². The summed E-state index contributed by atoms with van der Waals surface area (Å²) in [4.78, 5) is 24.3. The first-order valence-corrected chi connectivity index (χ1v) is 19.9. The first kappa shape index (κ1) is 42.9. The molecule has 44 heavy (non-hydrogen) atoms. The summed E-state index contributed by atoms with van der Waals surface area (Å²) in [6, 6.07) is 0. The van der Waals surface area contributed by atoms with Crippen molar-refractivity contribution in [1.82, 2.24) is 0 Å². The van der Waals surface area contributed by atoms with Crippen molar-refractivity contribution < 1.29 is 19.1 Å². The maximum absolute atomic E-state index is 12.4. The summed E-state index contributed by atoms with van der Waals surface area (Å²) in [7, 11) is 0. The van der Waals surface area contributed by atoms with Crippen molar-refractivity contribution in [3.8, 4) is 0 Å². The number of hydrogen-bond donors (Lipinski definition) is 0. The van der Waals surface area contributed by atoms with E-state index in [4.69, 9.17) is 9.47 Å². The number of carbonyl (C=O) groups is 2. The molecule has 262 valence electrons. The van der Waals surface area contributed by atoms with Crippen molar-refractivity contribution in [2.45, 2.75) is 226 Å². The molecule has 0 aliphatic carbocycles. The van der Waals surface area contributed by atoms with E-state index in [1.165, 1.54) is 161 Å². The van der Waals surface area contributed by atoms with Crippen molar-refractivity contribution in [2.24, 2.45) is 5.92 Å². The van der Waals surface area contributed by atoms with Crippen molar-refractivity contribution in [1.29, 1.82) is 0 Å². The number of unbranched alkanes of at least 4 members (excludes halogenated alkanes) is 24. The highest BCUT2D eigenvalue weighted by atomic mass is 16.5. The Kier molecular flexibility index (Phi) is 35.5. The van der Waals surface area contributed by atoms with Gasteiger partial charge in [-0.25, -0.2) is 0 Å². The molecule has 1 unspecified atom stereocenters. The Morgan fingerprint density at radius 1 is 0.386 bits per heavy atom. The lowest BCUT2D eigenvalue weighted by atomic mass is 9.95. The molecule has 0 aliphatic rings. The Balaban J connectivity index is 3.64. The minimum atomic E-state index is -0.0119. The van der Waals surface area contributed by atoms with Gasteiger partial charge in [0, 0.05) is 12.8 Å². The van der Waals surface area contributed by atoms with Crippen LogP contribution < -0.4 is 0 Å². The van der Waals surface area contributed by atoms with Gasteiger partial charge in [-0.05, 0) is 38.0 Å². The highest BCUT2D eigenvalue weighted by Crippen LogP contribution is 2.20. The molecule has 4 nitrogen and oxygen atoms in total. The molecule has 0 amide bonds. The van der Waals surface area contributed by atoms with Gasteiger partial charge in [0.25, 0.3) is 0 Å². The number of carbonyl (C=O) groups excluding carboxylic acids is 2. The molecular weight excluding hydrogens is 544 g/mol. The second-order valence-corrected chi connectivity index (χ2v) is 13.7. The predicted molar refractivity (Wildman–Crippen MR) is 190 cm³/mol. The van der Waals surface area contributed by atoms with Crippen LogP contribution >= 0.6 is 0 Å². The van der Waals surface area contributed by atoms with Crippen LogP contribution in [0.1, 0.15) is 226 Å². The minimum absolute atomic E-state index is 0.0119. The van der Waals surface area contributed by atoms with Crippen LogP contribution in [0.2, 0.25) is 0 Å². The molecule has 0 spiro atoms. The topological polar surface area (TPSA) is 52.6 Å². The van der Waals surface area contributed by atoms with E-state index < -0.39 is 0 Å². The van der Waals surface area contributed by atoms with Gasteiger partial charge in [-0.1, -0.05) is 181 Å². The zero-order valence-electron chi connectivity index (χ0n) is 30.3. The highest BCUT2D eigenvalue weighted by molar-refractivity contribution is 5.69. The Morgan fingerprint density at radius 3 is 1.14 bits per heavy atom. The van der Waals surface area contributed by atoms with Crippen molar-refractivity contribution in [3.63, 3.8) is 0 Å². The average molecular weight is 623 g/mol. The standard InChI is InChI=1S/C40H78O4/c1-4-7-10-13-15-22-26-31-36-43-39(41)34-29-24-20-17-16-18-21-25-30-35-40(42)44-37-38(32-27-12-9-6-3)33-28-23-19-14-11-8-5-2/h38H,4-37H2,1-3H3. The normalized spacial score (nSPS) is 12.0. The lowest BCUT2D eigenvalue weighted by Gasteiger charge is -2.17. The maximum Gasteiger partial charge on any atom is 0.305 e. The summed E-state index contributed by atoms with van der Waals surface area (Å²) < 4.78 is 11.1. The van der Waals surface area contributed by atoms with Gasteiger partial charge >= 0.3 is 11.9 Å². The van der Waals surface area contributed by atoms with E-state index in [2.05, 4.69) is 20.8 Å². The smallest absolute Gasteiger partial charge is 0.305 e. The van der Waals surface area contributed by atoms with E-state index >= 15 is 0 Å². The van der Waals surface area contributed by atoms with Gasteiger partial charge < -0.3 is 9.47 Å². The number of rotatable bonds is 36. The van der Waals surface area contributed by atoms with Crippen LogP contribution in [0.3, 0.4) is 0 Å². The SMILES string of the molecule is CCCCCCCCCCOC(=O)CCCCCCCCCCCC(=O)OCC(CCCCCC)CCCCCCCCC. The monoisotopic (exact) mass is 623 g/mol. The van der Waals surface area contributed by atoms with Crippen molar-refractivity contribution in [3.05, 3.63) is 0 Å². The van der Waals surface area contributed by atoms with Crippen LogP contribution in [-0.2, 0) is 19.1 Å². The van der Waals surface area contributed by atoms with Gasteiger partial charge in [0.2, 0.25) is 0 Å². The minimum Gasteiger partial charge on any atom is -0.466 e. The van der Waals surface area contributed by atoms with Gasteiger partial charge in [-0.15, -0.1) is 0 Å². The summed E-state index contributed by atoms with van der Waals surface area (Å²) in [6.07, 6.45) is 38.7. The summed E-state index contributed by atoms with van der Waals surface area (Å²) >= 11 is 0. The Hall–Kier alpha value is -1.06. The van der Waals surface area contributed by atoms with Crippen LogP contribution in [0.25, 0.3) is 0 Å². The maximum atomic E-state index is 12.4. The Bertz CT molecular complexity index is 590.